The van der Waals surface area contributed by atoms with Crippen LogP contribution in [0.3, 0.4) is 0 Å². The highest BCUT2D eigenvalue weighted by atomic mass is 32.2. The van der Waals surface area contributed by atoms with Crippen LogP contribution in [-0.4, -0.2) is 79.1 Å². The van der Waals surface area contributed by atoms with Gasteiger partial charge in [-0.25, -0.2) is 18.7 Å². The number of aliphatic carboxylic acids is 1. The number of fused-ring (bicyclic) bond motifs is 1. The number of nitrogens with zero attached hydrogens (tertiary/aromatic N) is 4. The Morgan fingerprint density at radius 1 is 1.43 bits per heavy atom. The first-order valence-corrected chi connectivity index (χ1v) is 12.7. The molecule has 6 atom stereocenters. The highest BCUT2D eigenvalue weighted by molar-refractivity contribution is 8.03. The zero-order valence-electron chi connectivity index (χ0n) is 20.2. The molecule has 0 aromatic carbocycles. The number of β-lactam (4-membered cyclic amide) rings is 1. The second-order valence-electron chi connectivity index (χ2n) is 9.52. The standard InChI is InChI=1S/C24H32N4O6S/c1-5-10-34-24(33)27-12-17(11-16(27)6-7-26-9-8-25(4)13-26)35-21-14(2)19-18(15(3)29)22(30)28(19)20(21)23(31)32/h5,8-9,13-19,29H,1,6-7,10-12H2,2-4H3/p+1/t14-,15-,16-,17+,18-,19-/m1/s1. The van der Waals surface area contributed by atoms with E-state index in [1.165, 1.54) is 22.7 Å². The SMILES string of the molecule is C=CCOC(=O)N1C[C@@H](SC2=C(C(=O)O)N3C(=O)[C@H]([C@@H](C)O)[C@H]3[C@H]2C)C[C@H]1CCn1cc[n+](C)c1. The van der Waals surface area contributed by atoms with E-state index in [4.69, 9.17) is 4.74 Å². The summed E-state index contributed by atoms with van der Waals surface area (Å²) >= 11 is 1.44. The quantitative estimate of drug-likeness (QED) is 0.296. The second kappa shape index (κ2) is 10.1. The van der Waals surface area contributed by atoms with Crippen LogP contribution in [0.5, 0.6) is 0 Å². The molecular formula is C24H33N4O6S+. The number of carboxylic acids is 1. The molecule has 1 aromatic heterocycles. The molecule has 3 aliphatic heterocycles. The minimum atomic E-state index is -1.14. The lowest BCUT2D eigenvalue weighted by Gasteiger charge is -2.46. The van der Waals surface area contributed by atoms with E-state index < -0.39 is 24.1 Å². The monoisotopic (exact) mass is 505 g/mol. The van der Waals surface area contributed by atoms with Crippen molar-refractivity contribution in [3.8, 4) is 0 Å². The van der Waals surface area contributed by atoms with Gasteiger partial charge in [0.1, 0.15) is 24.7 Å². The Morgan fingerprint density at radius 3 is 2.77 bits per heavy atom. The maximum atomic E-state index is 12.8. The van der Waals surface area contributed by atoms with Crippen LogP contribution in [0.4, 0.5) is 4.79 Å². The third-order valence-electron chi connectivity index (χ3n) is 7.08. The molecule has 1 aromatic rings. The molecule has 190 valence electrons. The van der Waals surface area contributed by atoms with Crippen LogP contribution in [0, 0.1) is 11.8 Å². The number of amides is 2. The predicted octanol–water partition coefficient (Wildman–Crippen LogP) is 1.36. The van der Waals surface area contributed by atoms with E-state index in [0.29, 0.717) is 17.9 Å². The molecule has 4 rings (SSSR count). The molecule has 0 aliphatic carbocycles. The molecule has 0 radical (unpaired) electrons. The number of likely N-dealkylation sites (tertiary alicyclic amines) is 1. The van der Waals surface area contributed by atoms with Crippen LogP contribution in [0.1, 0.15) is 26.7 Å². The Bertz CT molecular complexity index is 1050. The van der Waals surface area contributed by atoms with Crippen molar-refractivity contribution in [2.75, 3.05) is 13.2 Å². The molecule has 3 aliphatic rings. The number of aryl methyl sites for hydroxylation is 2. The summed E-state index contributed by atoms with van der Waals surface area (Å²) in [6.45, 7) is 8.35. The van der Waals surface area contributed by atoms with Gasteiger partial charge in [0.05, 0.1) is 31.7 Å². The van der Waals surface area contributed by atoms with E-state index in [-0.39, 0.29) is 41.5 Å². The minimum absolute atomic E-state index is 0.0125. The molecule has 4 heterocycles. The number of carbonyl (C=O) groups is 3. The molecule has 2 saturated heterocycles. The van der Waals surface area contributed by atoms with Crippen molar-refractivity contribution in [3.63, 3.8) is 0 Å². The second-order valence-corrected chi connectivity index (χ2v) is 10.9. The highest BCUT2D eigenvalue weighted by Gasteiger charge is 2.60. The molecule has 10 nitrogen and oxygen atoms in total. The lowest BCUT2D eigenvalue weighted by molar-refractivity contribution is -0.671. The smallest absolute Gasteiger partial charge is 0.410 e. The van der Waals surface area contributed by atoms with Gasteiger partial charge in [-0.05, 0) is 13.3 Å². The number of imidazole rings is 1. The summed E-state index contributed by atoms with van der Waals surface area (Å²) in [6, 6.07) is -0.413. The fourth-order valence-electron chi connectivity index (χ4n) is 5.46. The van der Waals surface area contributed by atoms with Crippen LogP contribution >= 0.6 is 11.8 Å². The Labute approximate surface area is 208 Å². The van der Waals surface area contributed by atoms with Gasteiger partial charge in [-0.2, -0.15) is 0 Å². The van der Waals surface area contributed by atoms with E-state index in [9.17, 15) is 24.6 Å². The van der Waals surface area contributed by atoms with Crippen molar-refractivity contribution in [2.24, 2.45) is 18.9 Å². The summed E-state index contributed by atoms with van der Waals surface area (Å²) < 4.78 is 9.34. The number of thioether (sulfide) groups is 1. The summed E-state index contributed by atoms with van der Waals surface area (Å²) in [5, 5.41) is 19.9. The average molecular weight is 506 g/mol. The van der Waals surface area contributed by atoms with Gasteiger partial charge >= 0.3 is 12.1 Å². The Kier molecular flexibility index (Phi) is 7.27. The summed E-state index contributed by atoms with van der Waals surface area (Å²) in [6.07, 6.45) is 7.60. The van der Waals surface area contributed by atoms with Gasteiger partial charge in [-0.1, -0.05) is 19.6 Å². The third kappa shape index (κ3) is 4.71. The van der Waals surface area contributed by atoms with Gasteiger partial charge in [0.25, 0.3) is 0 Å². The number of rotatable bonds is 9. The molecule has 11 heteroatoms. The summed E-state index contributed by atoms with van der Waals surface area (Å²) in [4.78, 5) is 41.2. The summed E-state index contributed by atoms with van der Waals surface area (Å²) in [5.41, 5.74) is 0.0125. The van der Waals surface area contributed by atoms with E-state index in [0.717, 1.165) is 13.0 Å². The van der Waals surface area contributed by atoms with Gasteiger partial charge in [0.2, 0.25) is 12.2 Å². The molecule has 2 amide bonds. The van der Waals surface area contributed by atoms with Crippen molar-refractivity contribution < 1.29 is 33.9 Å². The van der Waals surface area contributed by atoms with Crippen LogP contribution in [-0.2, 0) is 27.9 Å². The zero-order chi connectivity index (χ0) is 25.4. The van der Waals surface area contributed by atoms with Crippen molar-refractivity contribution in [1.82, 2.24) is 14.4 Å². The van der Waals surface area contributed by atoms with Crippen molar-refractivity contribution >= 4 is 29.7 Å². The summed E-state index contributed by atoms with van der Waals surface area (Å²) in [7, 11) is 1.95. The van der Waals surface area contributed by atoms with Gasteiger partial charge in [0, 0.05) is 35.1 Å². The number of aromatic nitrogens is 2. The molecule has 0 unspecified atom stereocenters. The lowest BCUT2D eigenvalue weighted by Crippen LogP contribution is -2.63. The number of hydrogen-bond acceptors (Lipinski definition) is 6. The van der Waals surface area contributed by atoms with E-state index >= 15 is 0 Å². The first kappa shape index (κ1) is 25.3. The first-order valence-electron chi connectivity index (χ1n) is 11.8. The van der Waals surface area contributed by atoms with Gasteiger partial charge in [-0.15, -0.1) is 11.8 Å². The van der Waals surface area contributed by atoms with Crippen molar-refractivity contribution in [1.29, 1.82) is 0 Å². The molecule has 0 spiro atoms. The first-order chi connectivity index (χ1) is 16.6. The Morgan fingerprint density at radius 2 is 2.17 bits per heavy atom. The largest absolute Gasteiger partial charge is 0.477 e. The molecule has 35 heavy (non-hydrogen) atoms. The normalized spacial score (nSPS) is 28.7. The molecule has 2 N–H and O–H groups in total. The minimum Gasteiger partial charge on any atom is -0.477 e. The van der Waals surface area contributed by atoms with Crippen molar-refractivity contribution in [2.45, 2.75) is 56.7 Å². The number of carbonyl (C=O) groups excluding carboxylic acids is 2. The number of carboxylic acid groups (broad SMARTS) is 1. The maximum Gasteiger partial charge on any atom is 0.410 e. The maximum absolute atomic E-state index is 12.8. The van der Waals surface area contributed by atoms with E-state index in [1.807, 2.05) is 37.3 Å². The van der Waals surface area contributed by atoms with E-state index in [2.05, 4.69) is 11.1 Å². The average Bonchev–Trinajstić information content (AvgIpc) is 3.46. The fourth-order valence-corrected chi connectivity index (χ4v) is 7.02. The van der Waals surface area contributed by atoms with Gasteiger partial charge in [-0.3, -0.25) is 4.79 Å². The summed E-state index contributed by atoms with van der Waals surface area (Å²) in [5.74, 6) is -2.29. The number of hydrogen-bond donors (Lipinski definition) is 2. The molecule has 0 saturated carbocycles. The number of ether oxygens (including phenoxy) is 1. The molecule has 0 bridgehead atoms. The zero-order valence-corrected chi connectivity index (χ0v) is 21.1. The third-order valence-corrected chi connectivity index (χ3v) is 8.58. The van der Waals surface area contributed by atoms with Crippen molar-refractivity contribution in [3.05, 3.63) is 42.0 Å². The van der Waals surface area contributed by atoms with E-state index in [1.54, 1.807) is 11.8 Å². The highest BCUT2D eigenvalue weighted by Crippen LogP contribution is 2.52. The van der Waals surface area contributed by atoms with Crippen LogP contribution in [0.2, 0.25) is 0 Å². The number of aliphatic hydroxyl groups excluding tert-OH is 1. The number of aliphatic hydroxyl groups is 1. The Balaban J connectivity index is 1.51. The molecular weight excluding hydrogens is 472 g/mol. The van der Waals surface area contributed by atoms with Crippen LogP contribution < -0.4 is 4.57 Å². The van der Waals surface area contributed by atoms with Crippen LogP contribution in [0.15, 0.2) is 42.0 Å². The lowest BCUT2D eigenvalue weighted by atomic mass is 9.79. The fraction of sp³-hybridized carbons (Fsp3) is 0.583. The Hall–Kier alpha value is -2.79. The topological polar surface area (TPSA) is 116 Å². The van der Waals surface area contributed by atoms with Crippen LogP contribution in [0.25, 0.3) is 0 Å². The van der Waals surface area contributed by atoms with Gasteiger partial charge in [0.15, 0.2) is 0 Å². The van der Waals surface area contributed by atoms with Gasteiger partial charge < -0.3 is 24.7 Å². The molecule has 2 fully saturated rings. The predicted molar refractivity (Wildman–Crippen MR) is 128 cm³/mol.